The van der Waals surface area contributed by atoms with Gasteiger partial charge in [-0.25, -0.2) is 0 Å². The molecule has 1 saturated heterocycles. The lowest BCUT2D eigenvalue weighted by atomic mass is 9.90. The van der Waals surface area contributed by atoms with E-state index in [-0.39, 0.29) is 33.0 Å². The molecule has 81 heavy (non-hydrogen) atoms. The maximum atomic E-state index is 13.3. The van der Waals surface area contributed by atoms with Gasteiger partial charge >= 0.3 is 0 Å². The maximum absolute atomic E-state index is 13.3. The summed E-state index contributed by atoms with van der Waals surface area (Å²) in [5.74, 6) is 2.18. The number of aliphatic hydroxyl groups excluding tert-OH is 1. The number of hydrogen-bond acceptors (Lipinski definition) is 11. The molecule has 11 heteroatoms. The second kappa shape index (κ2) is 27.3. The first-order chi connectivity index (χ1) is 40.0. The van der Waals surface area contributed by atoms with Crippen molar-refractivity contribution >= 4 is 0 Å². The summed E-state index contributed by atoms with van der Waals surface area (Å²) in [6.45, 7) is 3.78. The lowest BCUT2D eigenvalue weighted by molar-refractivity contribution is -0.339. The first kappa shape index (κ1) is 54.7. The van der Waals surface area contributed by atoms with Crippen LogP contribution in [0.5, 0.6) is 28.7 Å². The lowest BCUT2D eigenvalue weighted by Gasteiger charge is -2.47. The Morgan fingerprint density at radius 1 is 0.370 bits per heavy atom. The minimum atomic E-state index is -1.36. The molecule has 2 aliphatic heterocycles. The van der Waals surface area contributed by atoms with Gasteiger partial charge in [-0.2, -0.15) is 0 Å². The summed E-state index contributed by atoms with van der Waals surface area (Å²) in [4.78, 5) is 0. The smallest absolute Gasteiger partial charge is 0.187 e. The Kier molecular flexibility index (Phi) is 18.4. The van der Waals surface area contributed by atoms with E-state index < -0.39 is 49.0 Å². The highest BCUT2D eigenvalue weighted by atomic mass is 16.7. The van der Waals surface area contributed by atoms with Crippen LogP contribution in [0.15, 0.2) is 243 Å². The van der Waals surface area contributed by atoms with Crippen LogP contribution in [0.3, 0.4) is 0 Å². The SMILES string of the molecule is C[C@@H]1O[C@@H](O[C@@H]2[C@@H](c3ccc(OCc4ccccc4)c(OCc4ccccc4)c3)Oc3c(OCc4ccccc4)cc(OCc4ccccc4)cc3[C@@H]2O)[C@H](OCc2ccccc2)[C@H](OCc2ccccc2)[C@H]1OCc1ccccc1. The van der Waals surface area contributed by atoms with Crippen molar-refractivity contribution in [3.63, 3.8) is 0 Å². The molecule has 9 aromatic carbocycles. The third kappa shape index (κ3) is 14.4. The molecule has 1 N–H and O–H groups in total. The van der Waals surface area contributed by atoms with E-state index in [1.165, 1.54) is 0 Å². The number of rotatable bonds is 24. The highest BCUT2D eigenvalue weighted by molar-refractivity contribution is 5.56. The monoisotopic (exact) mass is 1080 g/mol. The van der Waals surface area contributed by atoms with Gasteiger partial charge in [-0.1, -0.05) is 218 Å². The van der Waals surface area contributed by atoms with Gasteiger partial charge in [-0.3, -0.25) is 0 Å². The van der Waals surface area contributed by atoms with Crippen LogP contribution in [0.2, 0.25) is 0 Å². The average molecular weight is 1080 g/mol. The van der Waals surface area contributed by atoms with Crippen molar-refractivity contribution in [3.05, 3.63) is 293 Å². The summed E-state index contributed by atoms with van der Waals surface area (Å²) >= 11 is 0. The fourth-order valence-electron chi connectivity index (χ4n) is 10.1. The molecule has 0 saturated carbocycles. The van der Waals surface area contributed by atoms with Gasteiger partial charge < -0.3 is 52.5 Å². The van der Waals surface area contributed by atoms with Crippen molar-refractivity contribution in [1.82, 2.24) is 0 Å². The van der Waals surface area contributed by atoms with Gasteiger partial charge in [0.2, 0.25) is 0 Å². The first-order valence-corrected chi connectivity index (χ1v) is 27.6. The summed E-state index contributed by atoms with van der Waals surface area (Å²) in [5.41, 5.74) is 7.84. The van der Waals surface area contributed by atoms with Gasteiger partial charge in [0.1, 0.15) is 62.7 Å². The van der Waals surface area contributed by atoms with Crippen LogP contribution >= 0.6 is 0 Å². The third-order valence-electron chi connectivity index (χ3n) is 14.4. The van der Waals surface area contributed by atoms with Crippen LogP contribution in [-0.4, -0.2) is 41.9 Å². The topological polar surface area (TPSA) is 113 Å². The van der Waals surface area contributed by atoms with Crippen molar-refractivity contribution in [1.29, 1.82) is 0 Å². The van der Waals surface area contributed by atoms with Gasteiger partial charge in [-0.05, 0) is 69.6 Å². The van der Waals surface area contributed by atoms with E-state index in [1.54, 1.807) is 6.07 Å². The standard InChI is InChI=1S/C70H66O11/c1-49-64(76-46-54-31-17-6-18-32-54)68(77-47-55-33-19-7-20-34-55)69(78-48-56-35-21-8-22-36-56)70(79-49)81-67-63(71)59-40-58(72-42-50-23-9-2-10-24-50)41-62(75-45-53-29-15-5-16-30-53)66(59)80-65(67)57-37-38-60(73-43-51-25-11-3-12-26-51)61(39-57)74-44-52-27-13-4-14-28-52/h2-41,49,63-65,67-71H,42-48H2,1H3/t49-,63-,64-,65+,67-,68+,69+,70-/m0/s1. The van der Waals surface area contributed by atoms with Crippen LogP contribution in [0.1, 0.15) is 69.2 Å². The first-order valence-electron chi connectivity index (χ1n) is 27.6. The summed E-state index contributed by atoms with van der Waals surface area (Å²) in [6.07, 6.45) is -7.48. The molecular weight excluding hydrogens is 1020 g/mol. The van der Waals surface area contributed by atoms with E-state index in [4.69, 9.17) is 47.4 Å². The zero-order valence-electron chi connectivity index (χ0n) is 45.2. The molecule has 11 rings (SSSR count). The Hall–Kier alpha value is -8.26. The average Bonchev–Trinajstić information content (AvgIpc) is 3.56. The highest BCUT2D eigenvalue weighted by Crippen LogP contribution is 2.51. The molecule has 2 aliphatic rings. The Balaban J connectivity index is 1.00. The molecule has 2 heterocycles. The molecule has 1 fully saturated rings. The molecule has 412 valence electrons. The number of fused-ring (bicyclic) bond motifs is 1. The second-order valence-electron chi connectivity index (χ2n) is 20.2. The van der Waals surface area contributed by atoms with Crippen LogP contribution in [-0.2, 0) is 69.9 Å². The van der Waals surface area contributed by atoms with Crippen LogP contribution in [0, 0.1) is 0 Å². The number of ether oxygens (including phenoxy) is 10. The summed E-state index contributed by atoms with van der Waals surface area (Å²) < 4.78 is 68.8. The Labute approximate surface area is 474 Å². The number of benzene rings is 9. The van der Waals surface area contributed by atoms with Crippen LogP contribution in [0.25, 0.3) is 0 Å². The predicted octanol–water partition coefficient (Wildman–Crippen LogP) is 14.1. The predicted molar refractivity (Wildman–Crippen MR) is 309 cm³/mol. The van der Waals surface area contributed by atoms with E-state index in [9.17, 15) is 5.11 Å². The molecule has 9 aromatic rings. The van der Waals surface area contributed by atoms with E-state index in [2.05, 4.69) is 0 Å². The lowest BCUT2D eigenvalue weighted by Crippen LogP contribution is -2.61. The molecule has 11 nitrogen and oxygen atoms in total. The molecular formula is C70H66O11. The maximum Gasteiger partial charge on any atom is 0.187 e. The summed E-state index contributed by atoms with van der Waals surface area (Å²) in [5, 5.41) is 13.3. The van der Waals surface area contributed by atoms with E-state index in [0.717, 1.165) is 38.9 Å². The quantitative estimate of drug-likeness (QED) is 0.0624. The van der Waals surface area contributed by atoms with Crippen molar-refractivity contribution in [2.24, 2.45) is 0 Å². The van der Waals surface area contributed by atoms with E-state index in [1.807, 2.05) is 244 Å². The van der Waals surface area contributed by atoms with Crippen LogP contribution < -0.4 is 23.7 Å². The molecule has 0 aromatic heterocycles. The zero-order chi connectivity index (χ0) is 55.0. The minimum Gasteiger partial charge on any atom is -0.489 e. The molecule has 0 unspecified atom stereocenters. The number of hydrogen-bond donors (Lipinski definition) is 1. The Bertz CT molecular complexity index is 3320. The molecule has 0 spiro atoms. The van der Waals surface area contributed by atoms with Gasteiger partial charge in [-0.15, -0.1) is 0 Å². The third-order valence-corrected chi connectivity index (χ3v) is 14.4. The minimum absolute atomic E-state index is 0.201. The Morgan fingerprint density at radius 2 is 0.765 bits per heavy atom. The summed E-state index contributed by atoms with van der Waals surface area (Å²) in [7, 11) is 0. The van der Waals surface area contributed by atoms with Gasteiger partial charge in [0.05, 0.1) is 25.9 Å². The molecule has 0 radical (unpaired) electrons. The fourth-order valence-corrected chi connectivity index (χ4v) is 10.1. The van der Waals surface area contributed by atoms with Crippen molar-refractivity contribution in [3.8, 4) is 28.7 Å². The fraction of sp³-hybridized carbons (Fsp3) is 0.229. The van der Waals surface area contributed by atoms with Crippen molar-refractivity contribution in [2.45, 2.75) is 102 Å². The summed E-state index contributed by atoms with van der Waals surface area (Å²) in [6, 6.07) is 79.1. The van der Waals surface area contributed by atoms with Gasteiger partial charge in [0.25, 0.3) is 0 Å². The molecule has 0 bridgehead atoms. The van der Waals surface area contributed by atoms with Gasteiger partial charge in [0, 0.05) is 11.6 Å². The largest absolute Gasteiger partial charge is 0.489 e. The molecule has 0 aliphatic carbocycles. The zero-order valence-corrected chi connectivity index (χ0v) is 45.2. The van der Waals surface area contributed by atoms with Crippen LogP contribution in [0.4, 0.5) is 0 Å². The second-order valence-corrected chi connectivity index (χ2v) is 20.2. The van der Waals surface area contributed by atoms with E-state index in [0.29, 0.717) is 53.1 Å². The highest BCUT2D eigenvalue weighted by Gasteiger charge is 2.51. The van der Waals surface area contributed by atoms with Crippen molar-refractivity contribution in [2.75, 3.05) is 0 Å². The van der Waals surface area contributed by atoms with E-state index >= 15 is 0 Å². The molecule has 0 amide bonds. The number of aliphatic hydroxyl groups is 1. The van der Waals surface area contributed by atoms with Gasteiger partial charge in [0.15, 0.2) is 35.4 Å². The normalized spacial score (nSPS) is 20.3. The Morgan fingerprint density at radius 3 is 1.23 bits per heavy atom. The molecule has 8 atom stereocenters. The van der Waals surface area contributed by atoms with Crippen molar-refractivity contribution < 1.29 is 52.5 Å².